The van der Waals surface area contributed by atoms with Crippen LogP contribution in [0, 0.1) is 0 Å². The van der Waals surface area contributed by atoms with Crippen molar-refractivity contribution < 1.29 is 63.3 Å². The summed E-state index contributed by atoms with van der Waals surface area (Å²) in [4.78, 5) is 37.8. The van der Waals surface area contributed by atoms with E-state index in [1.165, 1.54) is 12.8 Å². The lowest BCUT2D eigenvalue weighted by Crippen LogP contribution is -2.16. The van der Waals surface area contributed by atoms with Gasteiger partial charge in [-0.2, -0.15) is 9.59 Å². The van der Waals surface area contributed by atoms with Crippen molar-refractivity contribution in [2.45, 2.75) is 131 Å². The Kier molecular flexibility index (Phi) is 72.1. The van der Waals surface area contributed by atoms with Crippen LogP contribution in [0.4, 0.5) is 9.59 Å². The minimum atomic E-state index is -0.697. The molecule has 1 heterocycles. The molecule has 2 unspecified atom stereocenters. The fourth-order valence-corrected chi connectivity index (χ4v) is 2.20. The standard InChI is InChI=1S/2C9H18O4.2C5H12O.C2H4O.CO2.S2/c2*1-3-4-5-6-12-9(11)13-7-8(2)10;2*1-2-3-4-5-6;1-2-3-1;2-1-3;1-2/h2*8,10H,3-7H2,1-2H3;2*6H,2-5H2,1H3;1-2H2;;. The molecule has 0 bridgehead atoms. The predicted molar refractivity (Wildman–Crippen MR) is 181 cm³/mol. The molecule has 13 nitrogen and oxygen atoms in total. The van der Waals surface area contributed by atoms with E-state index in [9.17, 15) is 9.59 Å². The van der Waals surface area contributed by atoms with Crippen molar-refractivity contribution in [1.29, 1.82) is 0 Å². The van der Waals surface area contributed by atoms with E-state index >= 15 is 0 Å². The van der Waals surface area contributed by atoms with Crippen LogP contribution in [0.15, 0.2) is 0 Å². The number of aliphatic hydroxyl groups excluding tert-OH is 4. The first-order valence-electron chi connectivity index (χ1n) is 16.0. The van der Waals surface area contributed by atoms with E-state index in [0.29, 0.717) is 26.4 Å². The van der Waals surface area contributed by atoms with Crippen LogP contribution in [0.5, 0.6) is 0 Å². The number of epoxide rings is 1. The van der Waals surface area contributed by atoms with Crippen molar-refractivity contribution in [3.05, 3.63) is 0 Å². The van der Waals surface area contributed by atoms with Crippen LogP contribution < -0.4 is 0 Å². The van der Waals surface area contributed by atoms with Gasteiger partial charge in [-0.3, -0.25) is 0 Å². The number of aliphatic hydroxyl groups is 4. The molecule has 0 aliphatic carbocycles. The second-order valence-electron chi connectivity index (χ2n) is 9.49. The largest absolute Gasteiger partial charge is 0.508 e. The molecule has 0 spiro atoms. The van der Waals surface area contributed by atoms with Crippen LogP contribution in [-0.2, 0) is 55.6 Å². The highest BCUT2D eigenvalue weighted by molar-refractivity contribution is 8.07. The number of carbonyl (C=O) groups excluding carboxylic acids is 4. The molecule has 1 fully saturated rings. The molecular formula is C31H64O13S2. The molecule has 0 radical (unpaired) electrons. The maximum absolute atomic E-state index is 10.8. The summed E-state index contributed by atoms with van der Waals surface area (Å²) < 4.78 is 23.1. The van der Waals surface area contributed by atoms with Crippen molar-refractivity contribution in [3.63, 3.8) is 0 Å². The van der Waals surface area contributed by atoms with Gasteiger partial charge in [-0.25, -0.2) is 9.59 Å². The number of rotatable bonds is 18. The van der Waals surface area contributed by atoms with Crippen molar-refractivity contribution in [2.75, 3.05) is 52.9 Å². The third kappa shape index (κ3) is 96.8. The van der Waals surface area contributed by atoms with Gasteiger partial charge in [0.2, 0.25) is 0 Å². The molecule has 0 aromatic rings. The van der Waals surface area contributed by atoms with Gasteiger partial charge in [-0.05, 0) is 39.5 Å². The Morgan fingerprint density at radius 3 is 1.07 bits per heavy atom. The topological polar surface area (TPSA) is 199 Å². The molecule has 0 saturated carbocycles. The quantitative estimate of drug-likeness (QED) is 0.0824. The van der Waals surface area contributed by atoms with Gasteiger partial charge in [-0.1, -0.05) is 79.1 Å². The highest BCUT2D eigenvalue weighted by atomic mass is 32.8. The summed E-state index contributed by atoms with van der Waals surface area (Å²) in [6.07, 6.45) is 10.2. The second-order valence-corrected chi connectivity index (χ2v) is 9.49. The summed E-state index contributed by atoms with van der Waals surface area (Å²) in [7, 11) is 0. The molecular weight excluding hydrogens is 644 g/mol. The lowest BCUT2D eigenvalue weighted by atomic mass is 10.3. The Bertz CT molecular complexity index is 540. The summed E-state index contributed by atoms with van der Waals surface area (Å²) in [6.45, 7) is 15.0. The summed E-state index contributed by atoms with van der Waals surface area (Å²) in [5, 5.41) is 34.0. The fraction of sp³-hybridized carbons (Fsp3) is 0.903. The first kappa shape index (κ1) is 56.5. The zero-order chi connectivity index (χ0) is 36.7. The van der Waals surface area contributed by atoms with Gasteiger partial charge in [0.1, 0.15) is 13.2 Å². The number of ether oxygens (including phenoxy) is 5. The first-order chi connectivity index (χ1) is 22.1. The van der Waals surface area contributed by atoms with Crippen molar-refractivity contribution >= 4 is 40.8 Å². The Labute approximate surface area is 287 Å². The molecule has 4 N–H and O–H groups in total. The third-order valence-corrected chi connectivity index (χ3v) is 4.55. The Morgan fingerprint density at radius 2 is 0.891 bits per heavy atom. The lowest BCUT2D eigenvalue weighted by molar-refractivity contribution is -0.191. The fourth-order valence-electron chi connectivity index (χ4n) is 2.20. The zero-order valence-corrected chi connectivity index (χ0v) is 30.7. The monoisotopic (exact) mass is 708 g/mol. The SMILES string of the molecule is C1CO1.CCCCCO.CCCCCO.CCCCCOC(=O)OCC(C)O.CCCCCOC(=O)OCC(C)O.O=C=O.S=S. The van der Waals surface area contributed by atoms with E-state index in [1.807, 2.05) is 0 Å². The average Bonchev–Trinajstić information content (AvgIpc) is 3.94. The Hall–Kier alpha value is -1.84. The van der Waals surface area contributed by atoms with E-state index in [0.717, 1.165) is 77.4 Å². The van der Waals surface area contributed by atoms with Crippen molar-refractivity contribution in [3.8, 4) is 0 Å². The molecule has 0 aromatic carbocycles. The second kappa shape index (κ2) is 58.7. The smallest absolute Gasteiger partial charge is 0.434 e. The van der Waals surface area contributed by atoms with E-state index in [-0.39, 0.29) is 19.4 Å². The van der Waals surface area contributed by atoms with Crippen LogP contribution >= 0.6 is 0 Å². The van der Waals surface area contributed by atoms with Crippen molar-refractivity contribution in [1.82, 2.24) is 0 Å². The molecule has 1 aliphatic rings. The normalized spacial score (nSPS) is 11.1. The molecule has 278 valence electrons. The summed E-state index contributed by atoms with van der Waals surface area (Å²) in [5.74, 6) is 0. The molecule has 1 aliphatic heterocycles. The zero-order valence-electron chi connectivity index (χ0n) is 29.1. The van der Waals surface area contributed by atoms with Crippen LogP contribution in [0.3, 0.4) is 0 Å². The molecule has 0 amide bonds. The summed E-state index contributed by atoms with van der Waals surface area (Å²) in [6, 6.07) is 0. The van der Waals surface area contributed by atoms with Gasteiger partial charge >= 0.3 is 18.5 Å². The summed E-state index contributed by atoms with van der Waals surface area (Å²) in [5.41, 5.74) is 0. The number of unbranched alkanes of at least 4 members (excludes halogenated alkanes) is 8. The van der Waals surface area contributed by atoms with Gasteiger partial charge in [0, 0.05) is 35.6 Å². The van der Waals surface area contributed by atoms with E-state index in [2.05, 4.69) is 64.3 Å². The molecule has 15 heteroatoms. The molecule has 1 saturated heterocycles. The van der Waals surface area contributed by atoms with Gasteiger partial charge in [0.15, 0.2) is 0 Å². The average molecular weight is 709 g/mol. The Morgan fingerprint density at radius 1 is 0.630 bits per heavy atom. The third-order valence-electron chi connectivity index (χ3n) is 4.55. The van der Waals surface area contributed by atoms with Crippen LogP contribution in [0.1, 0.15) is 119 Å². The van der Waals surface area contributed by atoms with Crippen LogP contribution in [-0.4, -0.2) is 104 Å². The van der Waals surface area contributed by atoms with Gasteiger partial charge in [-0.15, -0.1) is 0 Å². The van der Waals surface area contributed by atoms with Gasteiger partial charge < -0.3 is 44.1 Å². The highest BCUT2D eigenvalue weighted by Gasteiger charge is 2.05. The summed E-state index contributed by atoms with van der Waals surface area (Å²) >= 11 is 7.33. The number of hydrogen-bond donors (Lipinski definition) is 4. The molecule has 2 atom stereocenters. The van der Waals surface area contributed by atoms with Crippen LogP contribution in [0.25, 0.3) is 0 Å². The minimum absolute atomic E-state index is 0.00733. The van der Waals surface area contributed by atoms with E-state index < -0.39 is 24.5 Å². The number of hydrogen-bond acceptors (Lipinski definition) is 15. The van der Waals surface area contributed by atoms with E-state index in [4.69, 9.17) is 39.5 Å². The minimum Gasteiger partial charge on any atom is -0.434 e. The van der Waals surface area contributed by atoms with Gasteiger partial charge in [0.05, 0.1) is 38.6 Å². The highest BCUT2D eigenvalue weighted by Crippen LogP contribution is 1.97. The van der Waals surface area contributed by atoms with E-state index in [1.54, 1.807) is 13.8 Å². The maximum atomic E-state index is 10.8. The van der Waals surface area contributed by atoms with Crippen LogP contribution in [0.2, 0.25) is 0 Å². The lowest BCUT2D eigenvalue weighted by Gasteiger charge is -2.06. The molecule has 1 rings (SSSR count). The number of carbonyl (C=O) groups is 2. The predicted octanol–water partition coefficient (Wildman–Crippen LogP) is 5.19. The first-order valence-corrected chi connectivity index (χ1v) is 17.3. The molecule has 0 aromatic heterocycles. The Balaban J connectivity index is -0.000000112. The van der Waals surface area contributed by atoms with Crippen molar-refractivity contribution in [2.24, 2.45) is 0 Å². The molecule has 46 heavy (non-hydrogen) atoms. The van der Waals surface area contributed by atoms with Gasteiger partial charge in [0.25, 0.3) is 0 Å². The maximum Gasteiger partial charge on any atom is 0.508 e.